The largest absolute Gasteiger partial charge is 0.497 e. The van der Waals surface area contributed by atoms with Crippen molar-refractivity contribution < 1.29 is 23.2 Å². The van der Waals surface area contributed by atoms with Gasteiger partial charge in [-0.05, 0) is 36.4 Å². The number of ether oxygens (including phenoxy) is 2. The van der Waals surface area contributed by atoms with Crippen molar-refractivity contribution in [3.05, 3.63) is 60.3 Å². The Balaban J connectivity index is 1.29. The molecule has 0 amide bonds. The fraction of sp³-hybridized carbons (Fsp3) is 0.150. The minimum absolute atomic E-state index is 0.0343. The molecule has 0 unspecified atom stereocenters. The lowest BCUT2D eigenvalue weighted by Gasteiger charge is -2.00. The molecule has 7 nitrogen and oxygen atoms in total. The van der Waals surface area contributed by atoms with E-state index in [9.17, 15) is 4.79 Å². The number of methoxy groups -OCH3 is 1. The highest BCUT2D eigenvalue weighted by Crippen LogP contribution is 2.24. The maximum absolute atomic E-state index is 12.0. The first kappa shape index (κ1) is 18.1. The Morgan fingerprint density at radius 3 is 2.75 bits per heavy atom. The van der Waals surface area contributed by atoms with Gasteiger partial charge in [0.15, 0.2) is 11.3 Å². The number of carbonyl (C=O) groups excluding carboxylic acids is 1. The van der Waals surface area contributed by atoms with Crippen LogP contribution in [0.15, 0.2) is 68.8 Å². The monoisotopic (exact) mass is 396 g/mol. The first-order valence-corrected chi connectivity index (χ1v) is 9.44. The Morgan fingerprint density at radius 1 is 1.14 bits per heavy atom. The van der Waals surface area contributed by atoms with Crippen LogP contribution in [-0.4, -0.2) is 29.0 Å². The van der Waals surface area contributed by atoms with E-state index in [1.807, 2.05) is 48.5 Å². The van der Waals surface area contributed by atoms with Gasteiger partial charge in [-0.1, -0.05) is 29.1 Å². The van der Waals surface area contributed by atoms with Gasteiger partial charge in [-0.25, -0.2) is 4.98 Å². The van der Waals surface area contributed by atoms with Gasteiger partial charge in [0.1, 0.15) is 29.3 Å². The van der Waals surface area contributed by atoms with Gasteiger partial charge >= 0.3 is 5.97 Å². The summed E-state index contributed by atoms with van der Waals surface area (Å²) in [7, 11) is 1.61. The molecular formula is C20H16N2O5S. The zero-order valence-electron chi connectivity index (χ0n) is 15.0. The normalized spacial score (nSPS) is 10.9. The standard InChI is InChI=1S/C20H16N2O5S/c1-24-15-8-6-13(7-9-15)18-10-14(22-27-18)11-25-19(23)12-28-20-21-16-4-2-3-5-17(16)26-20/h2-10H,11-12H2,1H3. The van der Waals surface area contributed by atoms with Crippen LogP contribution < -0.4 is 4.74 Å². The van der Waals surface area contributed by atoms with E-state index in [0.29, 0.717) is 22.3 Å². The summed E-state index contributed by atoms with van der Waals surface area (Å²) in [6, 6.07) is 16.6. The molecule has 0 radical (unpaired) electrons. The molecule has 0 fully saturated rings. The molecular weight excluding hydrogens is 380 g/mol. The van der Waals surface area contributed by atoms with E-state index >= 15 is 0 Å². The number of fused-ring (bicyclic) bond motifs is 1. The van der Waals surface area contributed by atoms with Gasteiger partial charge in [0, 0.05) is 11.6 Å². The van der Waals surface area contributed by atoms with E-state index in [1.54, 1.807) is 13.2 Å². The van der Waals surface area contributed by atoms with E-state index in [-0.39, 0.29) is 18.3 Å². The highest BCUT2D eigenvalue weighted by Gasteiger charge is 2.12. The SMILES string of the molecule is COc1ccc(-c2cc(COC(=O)CSc3nc4ccccc4o3)no2)cc1. The number of para-hydroxylation sites is 2. The van der Waals surface area contributed by atoms with Gasteiger partial charge in [-0.15, -0.1) is 0 Å². The Bertz CT molecular complexity index is 1050. The van der Waals surface area contributed by atoms with Gasteiger partial charge in [0.2, 0.25) is 0 Å². The Hall–Kier alpha value is -3.26. The van der Waals surface area contributed by atoms with Crippen molar-refractivity contribution in [3.63, 3.8) is 0 Å². The van der Waals surface area contributed by atoms with Crippen LogP contribution >= 0.6 is 11.8 Å². The smallest absolute Gasteiger partial charge is 0.316 e. The molecule has 0 aliphatic heterocycles. The van der Waals surface area contributed by atoms with Gasteiger partial charge in [-0.3, -0.25) is 4.79 Å². The molecule has 0 aliphatic carbocycles. The van der Waals surface area contributed by atoms with Crippen molar-refractivity contribution in [2.45, 2.75) is 11.8 Å². The number of carbonyl (C=O) groups is 1. The molecule has 0 N–H and O–H groups in total. The highest BCUT2D eigenvalue weighted by molar-refractivity contribution is 7.99. The predicted molar refractivity (Wildman–Crippen MR) is 103 cm³/mol. The number of aromatic nitrogens is 2. The number of benzene rings is 2. The Labute approximate surface area is 164 Å². The quantitative estimate of drug-likeness (QED) is 0.337. The molecule has 4 rings (SSSR count). The molecule has 0 saturated carbocycles. The molecule has 4 aromatic rings. The van der Waals surface area contributed by atoms with Gasteiger partial charge in [0.25, 0.3) is 5.22 Å². The summed E-state index contributed by atoms with van der Waals surface area (Å²) in [4.78, 5) is 16.3. The summed E-state index contributed by atoms with van der Waals surface area (Å²) in [5.41, 5.74) is 2.84. The lowest BCUT2D eigenvalue weighted by Crippen LogP contribution is -2.07. The molecule has 2 heterocycles. The average molecular weight is 396 g/mol. The molecule has 28 heavy (non-hydrogen) atoms. The maximum Gasteiger partial charge on any atom is 0.316 e. The minimum atomic E-state index is -0.388. The summed E-state index contributed by atoms with van der Waals surface area (Å²) in [6.45, 7) is 0.0343. The topological polar surface area (TPSA) is 87.6 Å². The van der Waals surface area contributed by atoms with Crippen LogP contribution in [-0.2, 0) is 16.1 Å². The van der Waals surface area contributed by atoms with Crippen molar-refractivity contribution in [3.8, 4) is 17.1 Å². The van der Waals surface area contributed by atoms with E-state index in [0.717, 1.165) is 16.8 Å². The van der Waals surface area contributed by atoms with Crippen LogP contribution in [0.3, 0.4) is 0 Å². The van der Waals surface area contributed by atoms with Crippen molar-refractivity contribution in [1.82, 2.24) is 10.1 Å². The number of hydrogen-bond donors (Lipinski definition) is 0. The second-order valence-corrected chi connectivity index (χ2v) is 6.73. The zero-order valence-corrected chi connectivity index (χ0v) is 15.8. The lowest BCUT2D eigenvalue weighted by molar-refractivity contribution is -0.141. The van der Waals surface area contributed by atoms with Gasteiger partial charge < -0.3 is 18.4 Å². The molecule has 0 aliphatic rings. The maximum atomic E-state index is 12.0. The van der Waals surface area contributed by atoms with Crippen LogP contribution in [0.1, 0.15) is 5.69 Å². The molecule has 0 atom stereocenters. The second kappa shape index (κ2) is 8.18. The second-order valence-electron chi connectivity index (χ2n) is 5.81. The van der Waals surface area contributed by atoms with Crippen molar-refractivity contribution in [2.75, 3.05) is 12.9 Å². The van der Waals surface area contributed by atoms with E-state index in [1.165, 1.54) is 11.8 Å². The van der Waals surface area contributed by atoms with Crippen LogP contribution in [0.4, 0.5) is 0 Å². The van der Waals surface area contributed by atoms with Crippen LogP contribution in [0.25, 0.3) is 22.4 Å². The third-order valence-electron chi connectivity index (χ3n) is 3.90. The summed E-state index contributed by atoms with van der Waals surface area (Å²) in [5, 5.41) is 4.36. The number of hydrogen-bond acceptors (Lipinski definition) is 8. The minimum Gasteiger partial charge on any atom is -0.497 e. The fourth-order valence-corrected chi connectivity index (χ4v) is 3.14. The number of esters is 1. The fourth-order valence-electron chi connectivity index (χ4n) is 2.50. The van der Waals surface area contributed by atoms with Gasteiger partial charge in [-0.2, -0.15) is 0 Å². The third kappa shape index (κ3) is 4.17. The number of nitrogens with zero attached hydrogens (tertiary/aromatic N) is 2. The number of thioether (sulfide) groups is 1. The van der Waals surface area contributed by atoms with Crippen LogP contribution in [0.2, 0.25) is 0 Å². The molecule has 0 saturated heterocycles. The third-order valence-corrected chi connectivity index (χ3v) is 4.70. The van der Waals surface area contributed by atoms with Crippen LogP contribution in [0.5, 0.6) is 5.75 Å². The molecule has 0 spiro atoms. The van der Waals surface area contributed by atoms with Gasteiger partial charge in [0.05, 0.1) is 7.11 Å². The first-order valence-electron chi connectivity index (χ1n) is 8.45. The summed E-state index contributed by atoms with van der Waals surface area (Å²) < 4.78 is 21.2. The lowest BCUT2D eigenvalue weighted by atomic mass is 10.1. The highest BCUT2D eigenvalue weighted by atomic mass is 32.2. The first-order chi connectivity index (χ1) is 13.7. The molecule has 2 aromatic heterocycles. The van der Waals surface area contributed by atoms with E-state index in [4.69, 9.17) is 18.4 Å². The average Bonchev–Trinajstić information content (AvgIpc) is 3.37. The Morgan fingerprint density at radius 2 is 1.96 bits per heavy atom. The molecule has 8 heteroatoms. The van der Waals surface area contributed by atoms with Crippen molar-refractivity contribution >= 4 is 28.8 Å². The van der Waals surface area contributed by atoms with E-state index < -0.39 is 0 Å². The Kier molecular flexibility index (Phi) is 5.29. The predicted octanol–water partition coefficient (Wildman–Crippen LogP) is 4.33. The van der Waals surface area contributed by atoms with Crippen molar-refractivity contribution in [1.29, 1.82) is 0 Å². The van der Waals surface area contributed by atoms with Crippen molar-refractivity contribution in [2.24, 2.45) is 0 Å². The van der Waals surface area contributed by atoms with E-state index in [2.05, 4.69) is 10.1 Å². The van der Waals surface area contributed by atoms with Crippen LogP contribution in [0, 0.1) is 0 Å². The molecule has 2 aromatic carbocycles. The molecule has 0 bridgehead atoms. The summed E-state index contributed by atoms with van der Waals surface area (Å²) >= 11 is 1.19. The summed E-state index contributed by atoms with van der Waals surface area (Å²) in [6.07, 6.45) is 0. The zero-order chi connectivity index (χ0) is 19.3. The number of oxazole rings is 1. The summed E-state index contributed by atoms with van der Waals surface area (Å²) in [5.74, 6) is 1.06. The number of rotatable bonds is 7. The molecule has 142 valence electrons.